The lowest BCUT2D eigenvalue weighted by atomic mass is 9.96. The molecule has 0 radical (unpaired) electrons. The molecular weight excluding hydrogens is 540 g/mol. The van der Waals surface area contributed by atoms with Crippen LogP contribution in [0.5, 0.6) is 0 Å². The first-order chi connectivity index (χ1) is 18.5. The first kappa shape index (κ1) is 28.0. The van der Waals surface area contributed by atoms with Crippen LogP contribution < -0.4 is 10.9 Å². The van der Waals surface area contributed by atoms with Crippen LogP contribution in [0.4, 0.5) is 5.82 Å². The number of methoxy groups -OCH3 is 1. The van der Waals surface area contributed by atoms with E-state index < -0.39 is 29.3 Å². The van der Waals surface area contributed by atoms with Gasteiger partial charge in [0, 0.05) is 22.6 Å². The molecule has 0 saturated heterocycles. The molecule has 3 heterocycles. The number of ether oxygens (including phenoxy) is 1. The van der Waals surface area contributed by atoms with E-state index >= 15 is 0 Å². The highest BCUT2D eigenvalue weighted by Crippen LogP contribution is 2.28. The third-order valence-electron chi connectivity index (χ3n) is 5.81. The van der Waals surface area contributed by atoms with Crippen molar-refractivity contribution in [2.45, 2.75) is 33.9 Å². The predicted molar refractivity (Wildman–Crippen MR) is 151 cm³/mol. The molecule has 0 bridgehead atoms. The minimum absolute atomic E-state index is 0.164. The molecule has 0 unspecified atom stereocenters. The lowest BCUT2D eigenvalue weighted by Crippen LogP contribution is -2.30. The normalized spacial score (nSPS) is 11.3. The molecular formula is C28H27ClN4O5S. The highest BCUT2D eigenvalue weighted by Gasteiger charge is 2.28. The van der Waals surface area contributed by atoms with Gasteiger partial charge in [0.2, 0.25) is 0 Å². The van der Waals surface area contributed by atoms with Gasteiger partial charge in [-0.25, -0.2) is 4.79 Å². The Labute approximate surface area is 234 Å². The Morgan fingerprint density at radius 2 is 1.77 bits per heavy atom. The summed E-state index contributed by atoms with van der Waals surface area (Å²) in [5.74, 6) is -1.80. The number of pyridine rings is 1. The number of nitrogens with zero attached hydrogens (tertiary/aromatic N) is 3. The van der Waals surface area contributed by atoms with E-state index in [1.807, 2.05) is 36.4 Å². The summed E-state index contributed by atoms with van der Waals surface area (Å²) in [6.45, 7) is 5.22. The van der Waals surface area contributed by atoms with Crippen molar-refractivity contribution in [2.75, 3.05) is 12.4 Å². The number of anilines is 1. The fraction of sp³-hybridized carbons (Fsp3) is 0.250. The van der Waals surface area contributed by atoms with Crippen LogP contribution in [-0.2, 0) is 27.4 Å². The van der Waals surface area contributed by atoms with Gasteiger partial charge in [0.1, 0.15) is 11.5 Å². The minimum Gasteiger partial charge on any atom is -0.463 e. The van der Waals surface area contributed by atoms with Gasteiger partial charge in [-0.3, -0.25) is 14.4 Å². The summed E-state index contributed by atoms with van der Waals surface area (Å²) in [6.07, 6.45) is 1.51. The van der Waals surface area contributed by atoms with E-state index in [4.69, 9.17) is 11.6 Å². The number of benzene rings is 1. The van der Waals surface area contributed by atoms with Gasteiger partial charge >= 0.3 is 5.97 Å². The van der Waals surface area contributed by atoms with Gasteiger partial charge in [-0.05, 0) is 29.3 Å². The number of hydrogen-bond acceptors (Lipinski definition) is 8. The Morgan fingerprint density at radius 1 is 1.05 bits per heavy atom. The predicted octanol–water partition coefficient (Wildman–Crippen LogP) is 5.13. The van der Waals surface area contributed by atoms with Crippen molar-refractivity contribution in [3.8, 4) is 22.4 Å². The average molecular weight is 567 g/mol. The maximum atomic E-state index is 13.6. The molecule has 4 aromatic rings. The average Bonchev–Trinajstić information content (AvgIpc) is 3.53. The second-order valence-electron chi connectivity index (χ2n) is 9.80. The van der Waals surface area contributed by atoms with Crippen LogP contribution in [0.25, 0.3) is 22.4 Å². The molecule has 1 aromatic carbocycles. The van der Waals surface area contributed by atoms with E-state index in [0.29, 0.717) is 22.3 Å². The van der Waals surface area contributed by atoms with E-state index in [9.17, 15) is 19.2 Å². The lowest BCUT2D eigenvalue weighted by Gasteiger charge is -2.18. The van der Waals surface area contributed by atoms with Crippen LogP contribution >= 0.6 is 22.9 Å². The van der Waals surface area contributed by atoms with E-state index in [-0.39, 0.29) is 17.2 Å². The van der Waals surface area contributed by atoms with Gasteiger partial charge in [0.25, 0.3) is 17.2 Å². The van der Waals surface area contributed by atoms with Crippen LogP contribution in [0, 0.1) is 5.41 Å². The maximum absolute atomic E-state index is 13.6. The smallest absolute Gasteiger partial charge is 0.376 e. The zero-order valence-corrected chi connectivity index (χ0v) is 23.4. The summed E-state index contributed by atoms with van der Waals surface area (Å²) in [4.78, 5) is 52.0. The van der Waals surface area contributed by atoms with Crippen LogP contribution in [0.15, 0.2) is 65.6 Å². The van der Waals surface area contributed by atoms with Gasteiger partial charge in [0.15, 0.2) is 0 Å². The second kappa shape index (κ2) is 11.4. The van der Waals surface area contributed by atoms with E-state index in [2.05, 4.69) is 15.2 Å². The SMILES string of the molecule is COC(=O)C(=O)Cn1cc(-c2ccccc2)cc(-c2cc(NCc3ccc(Cl)s3)n(C(=O)C(C)(C)C)n2)c1=O. The van der Waals surface area contributed by atoms with E-state index in [1.165, 1.54) is 22.2 Å². The van der Waals surface area contributed by atoms with Crippen LogP contribution in [-0.4, -0.2) is 39.1 Å². The van der Waals surface area contributed by atoms with Gasteiger partial charge in [0.05, 0.1) is 30.1 Å². The fourth-order valence-electron chi connectivity index (χ4n) is 3.79. The summed E-state index contributed by atoms with van der Waals surface area (Å²) in [5.41, 5.74) is 0.512. The third-order valence-corrected chi connectivity index (χ3v) is 7.04. The Balaban J connectivity index is 1.84. The molecule has 9 nitrogen and oxygen atoms in total. The molecule has 0 aliphatic heterocycles. The van der Waals surface area contributed by atoms with Gasteiger partial charge < -0.3 is 14.6 Å². The largest absolute Gasteiger partial charge is 0.463 e. The first-order valence-electron chi connectivity index (χ1n) is 12.0. The minimum atomic E-state index is -1.05. The Morgan fingerprint density at radius 3 is 2.38 bits per heavy atom. The molecule has 39 heavy (non-hydrogen) atoms. The molecule has 4 rings (SSSR count). The number of carbonyl (C=O) groups is 3. The van der Waals surface area contributed by atoms with Crippen molar-refractivity contribution in [1.29, 1.82) is 0 Å². The number of halogens is 1. The van der Waals surface area contributed by atoms with Crippen molar-refractivity contribution in [1.82, 2.24) is 14.3 Å². The molecule has 0 aliphatic carbocycles. The number of thiophene rings is 1. The van der Waals surface area contributed by atoms with E-state index in [0.717, 1.165) is 22.1 Å². The van der Waals surface area contributed by atoms with Crippen molar-refractivity contribution >= 4 is 46.4 Å². The number of Topliss-reactive ketones (excluding diaryl/α,β-unsaturated/α-hetero) is 1. The monoisotopic (exact) mass is 566 g/mol. The number of esters is 1. The summed E-state index contributed by atoms with van der Waals surface area (Å²) >= 11 is 7.47. The summed E-state index contributed by atoms with van der Waals surface area (Å²) in [7, 11) is 1.10. The zero-order valence-electron chi connectivity index (χ0n) is 21.9. The van der Waals surface area contributed by atoms with Crippen LogP contribution in [0.3, 0.4) is 0 Å². The maximum Gasteiger partial charge on any atom is 0.376 e. The summed E-state index contributed by atoms with van der Waals surface area (Å²) < 4.78 is 7.58. The zero-order chi connectivity index (χ0) is 28.3. The highest BCUT2D eigenvalue weighted by molar-refractivity contribution is 7.16. The Bertz CT molecular complexity index is 1600. The van der Waals surface area contributed by atoms with Crippen molar-refractivity contribution in [2.24, 2.45) is 5.41 Å². The summed E-state index contributed by atoms with van der Waals surface area (Å²) in [5, 5.41) is 7.75. The molecule has 3 aromatic heterocycles. The summed E-state index contributed by atoms with van der Waals surface area (Å²) in [6, 6.07) is 16.2. The quantitative estimate of drug-likeness (QED) is 0.232. The van der Waals surface area contributed by atoms with Gasteiger partial charge in [-0.1, -0.05) is 62.7 Å². The van der Waals surface area contributed by atoms with E-state index in [1.54, 1.807) is 39.0 Å². The number of nitrogens with one attached hydrogen (secondary N) is 1. The molecule has 1 N–H and O–H groups in total. The molecule has 0 atom stereocenters. The number of rotatable bonds is 8. The fourth-order valence-corrected chi connectivity index (χ4v) is 4.82. The lowest BCUT2D eigenvalue weighted by molar-refractivity contribution is -0.151. The number of carbonyl (C=O) groups excluding carboxylic acids is 3. The Hall–Kier alpha value is -4.02. The van der Waals surface area contributed by atoms with Gasteiger partial charge in [-0.2, -0.15) is 9.78 Å². The Kier molecular flexibility index (Phi) is 8.17. The molecule has 0 saturated carbocycles. The molecule has 0 aliphatic rings. The molecule has 0 fully saturated rings. The number of hydrogen-bond donors (Lipinski definition) is 1. The standard InChI is InChI=1S/C28H27ClN4O5S/c1-28(2,3)27(37)33-24(30-14-19-10-11-23(29)39-19)13-21(31-33)20-12-18(17-8-6-5-7-9-17)15-32(25(20)35)16-22(34)26(36)38-4/h5-13,15,30H,14,16H2,1-4H3. The molecule has 202 valence electrons. The van der Waals surface area contributed by atoms with Crippen molar-refractivity contribution < 1.29 is 19.1 Å². The highest BCUT2D eigenvalue weighted by atomic mass is 35.5. The molecule has 0 amide bonds. The van der Waals surface area contributed by atoms with Crippen molar-refractivity contribution in [3.05, 3.63) is 80.4 Å². The third kappa shape index (κ3) is 6.35. The van der Waals surface area contributed by atoms with Crippen molar-refractivity contribution in [3.63, 3.8) is 0 Å². The first-order valence-corrected chi connectivity index (χ1v) is 13.2. The topological polar surface area (TPSA) is 112 Å². The molecule has 0 spiro atoms. The second-order valence-corrected chi connectivity index (χ2v) is 11.6. The number of ketones is 1. The van der Waals surface area contributed by atoms with Crippen LogP contribution in [0.2, 0.25) is 4.34 Å². The number of aromatic nitrogens is 3. The molecule has 11 heteroatoms. The van der Waals surface area contributed by atoms with Crippen LogP contribution in [0.1, 0.15) is 30.4 Å². The van der Waals surface area contributed by atoms with Gasteiger partial charge in [-0.15, -0.1) is 11.3 Å².